The minimum Gasteiger partial charge on any atom is -0.455 e. The van der Waals surface area contributed by atoms with Crippen molar-refractivity contribution in [3.63, 3.8) is 0 Å². The molecule has 0 atom stereocenters. The molecule has 3 aromatic rings. The molecule has 0 radical (unpaired) electrons. The molecular formula is C20H15FN2O3. The van der Waals surface area contributed by atoms with E-state index in [0.29, 0.717) is 22.7 Å². The minimum atomic E-state index is -0.771. The Balaban J connectivity index is 1.61. The maximum Gasteiger partial charge on any atom is 0.437 e. The van der Waals surface area contributed by atoms with Crippen LogP contribution in [0.2, 0.25) is 0 Å². The van der Waals surface area contributed by atoms with Crippen LogP contribution in [0.4, 0.5) is 14.9 Å². The average molecular weight is 350 g/mol. The molecule has 0 aliphatic carbocycles. The Labute approximate surface area is 149 Å². The van der Waals surface area contributed by atoms with E-state index in [2.05, 4.69) is 10.5 Å². The van der Waals surface area contributed by atoms with E-state index in [9.17, 15) is 9.18 Å². The van der Waals surface area contributed by atoms with Crippen molar-refractivity contribution in [3.8, 4) is 11.5 Å². The fourth-order valence-electron chi connectivity index (χ4n) is 2.09. The van der Waals surface area contributed by atoms with Gasteiger partial charge in [-0.3, -0.25) is 10.2 Å². The third kappa shape index (κ3) is 4.91. The Kier molecular flexibility index (Phi) is 5.57. The first-order valence-electron chi connectivity index (χ1n) is 7.79. The van der Waals surface area contributed by atoms with Crippen molar-refractivity contribution in [2.45, 2.75) is 0 Å². The van der Waals surface area contributed by atoms with Gasteiger partial charge in [0.25, 0.3) is 0 Å². The van der Waals surface area contributed by atoms with Crippen molar-refractivity contribution in [2.75, 3.05) is 5.32 Å². The molecule has 130 valence electrons. The predicted octanol–water partition coefficient (Wildman–Crippen LogP) is 5.20. The van der Waals surface area contributed by atoms with E-state index in [0.717, 1.165) is 0 Å². The van der Waals surface area contributed by atoms with Crippen molar-refractivity contribution < 1.29 is 18.8 Å². The molecule has 0 saturated heterocycles. The lowest BCUT2D eigenvalue weighted by Crippen LogP contribution is -2.11. The Morgan fingerprint density at radius 1 is 0.923 bits per heavy atom. The largest absolute Gasteiger partial charge is 0.455 e. The number of nitrogens with zero attached hydrogens (tertiary/aromatic N) is 1. The minimum absolute atomic E-state index is 0.351. The third-order valence-electron chi connectivity index (χ3n) is 3.30. The number of ether oxygens (including phenoxy) is 1. The van der Waals surface area contributed by atoms with Gasteiger partial charge in [-0.1, -0.05) is 47.6 Å². The molecule has 0 aliphatic heterocycles. The second kappa shape index (κ2) is 8.43. The van der Waals surface area contributed by atoms with Crippen LogP contribution in [0, 0.1) is 5.82 Å². The lowest BCUT2D eigenvalue weighted by molar-refractivity contribution is 0.167. The molecule has 6 heteroatoms. The highest BCUT2D eigenvalue weighted by Gasteiger charge is 2.09. The van der Waals surface area contributed by atoms with Gasteiger partial charge in [0.05, 0.1) is 11.9 Å². The number of carbonyl (C=O) groups is 1. The van der Waals surface area contributed by atoms with Crippen LogP contribution in [0.15, 0.2) is 84.0 Å². The van der Waals surface area contributed by atoms with Crippen molar-refractivity contribution in [1.29, 1.82) is 0 Å². The van der Waals surface area contributed by atoms with Crippen LogP contribution >= 0.6 is 0 Å². The molecule has 3 rings (SSSR count). The summed E-state index contributed by atoms with van der Waals surface area (Å²) < 4.78 is 18.6. The molecule has 0 aliphatic rings. The average Bonchev–Trinajstić information content (AvgIpc) is 2.66. The molecule has 0 bridgehead atoms. The number of rotatable bonds is 5. The summed E-state index contributed by atoms with van der Waals surface area (Å²) in [5, 5.41) is 6.15. The topological polar surface area (TPSA) is 59.9 Å². The summed E-state index contributed by atoms with van der Waals surface area (Å²) in [6.07, 6.45) is 0.540. The highest BCUT2D eigenvalue weighted by molar-refractivity contribution is 5.87. The highest BCUT2D eigenvalue weighted by Crippen LogP contribution is 2.29. The molecule has 26 heavy (non-hydrogen) atoms. The smallest absolute Gasteiger partial charge is 0.437 e. The SMILES string of the molecule is O=C(Nc1ccccc1Oc1ccccc1)ON=Cc1ccc(F)cc1. The second-order valence-corrected chi connectivity index (χ2v) is 5.20. The van der Waals surface area contributed by atoms with Crippen molar-refractivity contribution >= 4 is 18.0 Å². The highest BCUT2D eigenvalue weighted by atomic mass is 19.1. The van der Waals surface area contributed by atoms with E-state index in [4.69, 9.17) is 9.57 Å². The number of hydrogen-bond donors (Lipinski definition) is 1. The molecule has 1 N–H and O–H groups in total. The van der Waals surface area contributed by atoms with Crippen LogP contribution in [0.3, 0.4) is 0 Å². The van der Waals surface area contributed by atoms with E-state index in [-0.39, 0.29) is 5.82 Å². The summed E-state index contributed by atoms with van der Waals surface area (Å²) in [6, 6.07) is 21.8. The number of benzene rings is 3. The van der Waals surface area contributed by atoms with E-state index < -0.39 is 6.09 Å². The van der Waals surface area contributed by atoms with E-state index in [1.54, 1.807) is 24.3 Å². The van der Waals surface area contributed by atoms with Gasteiger partial charge in [0.2, 0.25) is 0 Å². The molecular weight excluding hydrogens is 335 g/mol. The number of amides is 1. The Bertz CT molecular complexity index is 896. The first-order valence-corrected chi connectivity index (χ1v) is 7.79. The second-order valence-electron chi connectivity index (χ2n) is 5.20. The lowest BCUT2D eigenvalue weighted by atomic mass is 10.2. The van der Waals surface area contributed by atoms with Gasteiger partial charge in [-0.15, -0.1) is 0 Å². The van der Waals surface area contributed by atoms with E-state index >= 15 is 0 Å². The Morgan fingerprint density at radius 3 is 2.38 bits per heavy atom. The number of para-hydroxylation sites is 3. The van der Waals surface area contributed by atoms with Gasteiger partial charge in [0, 0.05) is 0 Å². The van der Waals surface area contributed by atoms with Crippen LogP contribution < -0.4 is 10.1 Å². The normalized spacial score (nSPS) is 10.5. The number of oxime groups is 1. The molecule has 3 aromatic carbocycles. The number of anilines is 1. The number of nitrogens with one attached hydrogen (secondary N) is 1. The van der Waals surface area contributed by atoms with Crippen LogP contribution in [0.1, 0.15) is 5.56 Å². The molecule has 0 unspecified atom stereocenters. The fraction of sp³-hybridized carbons (Fsp3) is 0. The van der Waals surface area contributed by atoms with Crippen molar-refractivity contribution in [2.24, 2.45) is 5.16 Å². The maximum absolute atomic E-state index is 12.8. The lowest BCUT2D eigenvalue weighted by Gasteiger charge is -2.11. The number of hydrogen-bond acceptors (Lipinski definition) is 4. The fourth-order valence-corrected chi connectivity index (χ4v) is 2.09. The first-order chi connectivity index (χ1) is 12.7. The summed E-state index contributed by atoms with van der Waals surface area (Å²) in [7, 11) is 0. The molecule has 1 amide bonds. The molecule has 0 saturated carbocycles. The number of halogens is 1. The van der Waals surface area contributed by atoms with Crippen LogP contribution in [0.5, 0.6) is 11.5 Å². The van der Waals surface area contributed by atoms with Gasteiger partial charge in [-0.2, -0.15) is 0 Å². The van der Waals surface area contributed by atoms with Crippen molar-refractivity contribution in [3.05, 3.63) is 90.2 Å². The van der Waals surface area contributed by atoms with Gasteiger partial charge >= 0.3 is 6.09 Å². The van der Waals surface area contributed by atoms with E-state index in [1.165, 1.54) is 30.5 Å². The summed E-state index contributed by atoms with van der Waals surface area (Å²) >= 11 is 0. The Morgan fingerprint density at radius 2 is 1.62 bits per heavy atom. The Hall–Kier alpha value is -3.67. The number of carbonyl (C=O) groups excluding carboxylic acids is 1. The zero-order chi connectivity index (χ0) is 18.2. The molecule has 0 spiro atoms. The first kappa shape index (κ1) is 17.2. The van der Waals surface area contributed by atoms with Gasteiger partial charge in [0.1, 0.15) is 11.6 Å². The van der Waals surface area contributed by atoms with Crippen LogP contribution in [-0.2, 0) is 4.84 Å². The van der Waals surface area contributed by atoms with E-state index in [1.807, 2.05) is 30.3 Å². The standard InChI is InChI=1S/C20H15FN2O3/c21-16-12-10-15(11-13-16)14-22-26-20(24)23-18-8-4-5-9-19(18)25-17-6-2-1-3-7-17/h1-14H,(H,23,24). The predicted molar refractivity (Wildman–Crippen MR) is 97.1 cm³/mol. The van der Waals surface area contributed by atoms with Crippen LogP contribution in [-0.4, -0.2) is 12.3 Å². The molecule has 0 heterocycles. The van der Waals surface area contributed by atoms with Gasteiger partial charge in [-0.25, -0.2) is 9.18 Å². The molecule has 0 aromatic heterocycles. The summed E-state index contributed by atoms with van der Waals surface area (Å²) in [6.45, 7) is 0. The zero-order valence-electron chi connectivity index (χ0n) is 13.6. The van der Waals surface area contributed by atoms with Gasteiger partial charge in [-0.05, 0) is 42.0 Å². The third-order valence-corrected chi connectivity index (χ3v) is 3.30. The molecule has 5 nitrogen and oxygen atoms in total. The van der Waals surface area contributed by atoms with Gasteiger partial charge < -0.3 is 4.74 Å². The summed E-state index contributed by atoms with van der Waals surface area (Å²) in [4.78, 5) is 16.7. The zero-order valence-corrected chi connectivity index (χ0v) is 13.6. The monoisotopic (exact) mass is 350 g/mol. The van der Waals surface area contributed by atoms with Gasteiger partial charge in [0.15, 0.2) is 5.75 Å². The summed E-state index contributed by atoms with van der Waals surface area (Å²) in [5.74, 6) is 0.762. The summed E-state index contributed by atoms with van der Waals surface area (Å²) in [5.41, 5.74) is 1.05. The maximum atomic E-state index is 12.8. The quantitative estimate of drug-likeness (QED) is 0.391. The van der Waals surface area contributed by atoms with Crippen LogP contribution in [0.25, 0.3) is 0 Å². The van der Waals surface area contributed by atoms with Crippen molar-refractivity contribution in [1.82, 2.24) is 0 Å². The molecule has 0 fully saturated rings.